The van der Waals surface area contributed by atoms with Crippen LogP contribution < -0.4 is 15.2 Å². The highest BCUT2D eigenvalue weighted by molar-refractivity contribution is 6.00. The van der Waals surface area contributed by atoms with E-state index in [-0.39, 0.29) is 5.57 Å². The summed E-state index contributed by atoms with van der Waals surface area (Å²) in [5.74, 6) is 0.753. The van der Waals surface area contributed by atoms with Gasteiger partial charge in [0.05, 0.1) is 7.11 Å². The molecule has 0 saturated heterocycles. The van der Waals surface area contributed by atoms with Crippen LogP contribution in [0.25, 0.3) is 6.08 Å². The second-order valence-electron chi connectivity index (χ2n) is 6.18. The smallest absolute Gasteiger partial charge is 0.259 e. The number of methoxy groups -OCH3 is 1. The Morgan fingerprint density at radius 2 is 2.04 bits per heavy atom. The van der Waals surface area contributed by atoms with E-state index in [0.717, 1.165) is 24.2 Å². The van der Waals surface area contributed by atoms with Gasteiger partial charge < -0.3 is 15.2 Å². The van der Waals surface area contributed by atoms with Crippen molar-refractivity contribution in [2.45, 2.75) is 25.9 Å². The number of benzene rings is 2. The Kier molecular flexibility index (Phi) is 5.23. The third-order valence-electron chi connectivity index (χ3n) is 4.47. The molecule has 1 aliphatic rings. The fourth-order valence-electron chi connectivity index (χ4n) is 3.13. The van der Waals surface area contributed by atoms with Gasteiger partial charge in [0.2, 0.25) is 0 Å². The number of hydrogen-bond donors (Lipinski definition) is 1. The van der Waals surface area contributed by atoms with Gasteiger partial charge in [-0.3, -0.25) is 4.79 Å². The van der Waals surface area contributed by atoms with Crippen LogP contribution in [-0.2, 0) is 24.2 Å². The summed E-state index contributed by atoms with van der Waals surface area (Å²) in [5.41, 5.74) is 9.36. The number of primary amides is 1. The van der Waals surface area contributed by atoms with Crippen molar-refractivity contribution in [3.05, 3.63) is 64.2 Å². The minimum Gasteiger partial charge on any atom is -0.496 e. The molecule has 0 spiro atoms. The van der Waals surface area contributed by atoms with E-state index in [0.29, 0.717) is 17.9 Å². The van der Waals surface area contributed by atoms with Crippen molar-refractivity contribution in [2.24, 2.45) is 5.73 Å². The molecule has 132 valence electrons. The number of fused-ring (bicyclic) bond motifs is 1. The summed E-state index contributed by atoms with van der Waals surface area (Å²) in [6.07, 6.45) is 4.89. The first-order valence-electron chi connectivity index (χ1n) is 8.44. The number of hydrogen-bond acceptors (Lipinski definition) is 4. The fourth-order valence-corrected chi connectivity index (χ4v) is 3.13. The molecule has 1 aliphatic carbocycles. The van der Waals surface area contributed by atoms with Crippen molar-refractivity contribution in [1.82, 2.24) is 0 Å². The standard InChI is InChI=1S/C21H20N2O3/c1-25-20-8-5-14(9-17(12-22)21(23)24)10-18(20)13-26-19-7-6-15-3-2-4-16(15)11-19/h5-11H,2-4,13H2,1H3,(H2,23,24)/b17-9+. The number of rotatable bonds is 6. The van der Waals surface area contributed by atoms with Crippen LogP contribution in [0.4, 0.5) is 0 Å². The van der Waals surface area contributed by atoms with E-state index < -0.39 is 5.91 Å². The first kappa shape index (κ1) is 17.6. The first-order chi connectivity index (χ1) is 12.6. The van der Waals surface area contributed by atoms with E-state index in [1.54, 1.807) is 25.3 Å². The fraction of sp³-hybridized carbons (Fsp3) is 0.238. The molecular formula is C21H20N2O3. The molecular weight excluding hydrogens is 328 g/mol. The molecule has 2 aromatic carbocycles. The summed E-state index contributed by atoms with van der Waals surface area (Å²) < 4.78 is 11.3. The van der Waals surface area contributed by atoms with Crippen molar-refractivity contribution >= 4 is 12.0 Å². The molecule has 5 heteroatoms. The minimum absolute atomic E-state index is 0.0966. The summed E-state index contributed by atoms with van der Waals surface area (Å²) >= 11 is 0. The van der Waals surface area contributed by atoms with E-state index in [4.69, 9.17) is 20.5 Å². The predicted molar refractivity (Wildman–Crippen MR) is 98.6 cm³/mol. The Morgan fingerprint density at radius 3 is 2.77 bits per heavy atom. The Hall–Kier alpha value is -3.26. The lowest BCUT2D eigenvalue weighted by Crippen LogP contribution is -2.12. The average molecular weight is 348 g/mol. The molecule has 0 aliphatic heterocycles. The van der Waals surface area contributed by atoms with Gasteiger partial charge in [-0.15, -0.1) is 0 Å². The Balaban J connectivity index is 1.81. The molecule has 3 rings (SSSR count). The Labute approximate surface area is 152 Å². The second kappa shape index (κ2) is 7.75. The highest BCUT2D eigenvalue weighted by Crippen LogP contribution is 2.28. The number of amides is 1. The number of aryl methyl sites for hydroxylation is 2. The van der Waals surface area contributed by atoms with Gasteiger partial charge in [-0.1, -0.05) is 12.1 Å². The zero-order valence-corrected chi connectivity index (χ0v) is 14.6. The molecule has 2 aromatic rings. The molecule has 0 atom stereocenters. The molecule has 2 N–H and O–H groups in total. The third kappa shape index (κ3) is 3.86. The van der Waals surface area contributed by atoms with Crippen LogP contribution in [0.3, 0.4) is 0 Å². The van der Waals surface area contributed by atoms with Gasteiger partial charge in [-0.2, -0.15) is 5.26 Å². The van der Waals surface area contributed by atoms with Crippen LogP contribution in [-0.4, -0.2) is 13.0 Å². The maximum Gasteiger partial charge on any atom is 0.259 e. The van der Waals surface area contributed by atoms with Crippen LogP contribution in [0.2, 0.25) is 0 Å². The summed E-state index contributed by atoms with van der Waals surface area (Å²) in [7, 11) is 1.59. The number of ether oxygens (including phenoxy) is 2. The summed E-state index contributed by atoms with van der Waals surface area (Å²) in [6, 6.07) is 13.4. The van der Waals surface area contributed by atoms with Crippen LogP contribution in [0.5, 0.6) is 11.5 Å². The zero-order chi connectivity index (χ0) is 18.5. The van der Waals surface area contributed by atoms with E-state index in [2.05, 4.69) is 12.1 Å². The minimum atomic E-state index is -0.751. The molecule has 1 amide bonds. The molecule has 0 heterocycles. The largest absolute Gasteiger partial charge is 0.496 e. The SMILES string of the molecule is COc1ccc(/C=C(\C#N)C(N)=O)cc1COc1ccc2c(c1)CCC2. The molecule has 0 saturated carbocycles. The highest BCUT2D eigenvalue weighted by atomic mass is 16.5. The number of nitrogens with two attached hydrogens (primary N) is 1. The predicted octanol–water partition coefficient (Wildman–Crippen LogP) is 3.16. The molecule has 26 heavy (non-hydrogen) atoms. The number of carbonyl (C=O) groups excluding carboxylic acids is 1. The number of nitrogens with zero attached hydrogens (tertiary/aromatic N) is 1. The maximum absolute atomic E-state index is 11.2. The lowest BCUT2D eigenvalue weighted by atomic mass is 10.1. The van der Waals surface area contributed by atoms with Crippen molar-refractivity contribution in [3.63, 3.8) is 0 Å². The third-order valence-corrected chi connectivity index (χ3v) is 4.47. The molecule has 0 aromatic heterocycles. The van der Waals surface area contributed by atoms with E-state index in [1.165, 1.54) is 23.6 Å². The normalized spacial score (nSPS) is 13.0. The van der Waals surface area contributed by atoms with Crippen LogP contribution in [0.1, 0.15) is 28.7 Å². The molecule has 0 fully saturated rings. The quantitative estimate of drug-likeness (QED) is 0.642. The average Bonchev–Trinajstić information content (AvgIpc) is 3.12. The van der Waals surface area contributed by atoms with Crippen LogP contribution >= 0.6 is 0 Å². The monoisotopic (exact) mass is 348 g/mol. The molecule has 5 nitrogen and oxygen atoms in total. The Morgan fingerprint density at radius 1 is 1.23 bits per heavy atom. The van der Waals surface area contributed by atoms with Crippen LogP contribution in [0.15, 0.2) is 42.0 Å². The van der Waals surface area contributed by atoms with Crippen molar-refractivity contribution in [1.29, 1.82) is 5.26 Å². The van der Waals surface area contributed by atoms with E-state index in [1.807, 2.05) is 12.1 Å². The topological polar surface area (TPSA) is 85.3 Å². The van der Waals surface area contributed by atoms with Gasteiger partial charge in [0.25, 0.3) is 5.91 Å². The first-order valence-corrected chi connectivity index (χ1v) is 8.44. The highest BCUT2D eigenvalue weighted by Gasteiger charge is 2.12. The van der Waals surface area contributed by atoms with E-state index in [9.17, 15) is 4.79 Å². The van der Waals surface area contributed by atoms with Gasteiger partial charge in [-0.25, -0.2) is 0 Å². The van der Waals surface area contributed by atoms with Gasteiger partial charge in [0.1, 0.15) is 29.7 Å². The van der Waals surface area contributed by atoms with Crippen molar-refractivity contribution in [3.8, 4) is 17.6 Å². The summed E-state index contributed by atoms with van der Waals surface area (Å²) in [6.45, 7) is 0.322. The van der Waals surface area contributed by atoms with Crippen molar-refractivity contribution in [2.75, 3.05) is 7.11 Å². The van der Waals surface area contributed by atoms with Gasteiger partial charge >= 0.3 is 0 Å². The molecule has 0 unspecified atom stereocenters. The van der Waals surface area contributed by atoms with Gasteiger partial charge in [0.15, 0.2) is 0 Å². The van der Waals surface area contributed by atoms with E-state index >= 15 is 0 Å². The Bertz CT molecular complexity index is 910. The van der Waals surface area contributed by atoms with Gasteiger partial charge in [0, 0.05) is 5.56 Å². The molecule has 0 bridgehead atoms. The summed E-state index contributed by atoms with van der Waals surface area (Å²) in [5, 5.41) is 8.99. The number of carbonyl (C=O) groups is 1. The summed E-state index contributed by atoms with van der Waals surface area (Å²) in [4.78, 5) is 11.2. The molecule has 0 radical (unpaired) electrons. The van der Waals surface area contributed by atoms with Crippen molar-refractivity contribution < 1.29 is 14.3 Å². The zero-order valence-electron chi connectivity index (χ0n) is 14.6. The van der Waals surface area contributed by atoms with Crippen LogP contribution in [0, 0.1) is 11.3 Å². The maximum atomic E-state index is 11.2. The lowest BCUT2D eigenvalue weighted by molar-refractivity contribution is -0.114. The van der Waals surface area contributed by atoms with Gasteiger partial charge in [-0.05, 0) is 66.3 Å². The number of nitriles is 1. The lowest BCUT2D eigenvalue weighted by Gasteiger charge is -2.12. The second-order valence-corrected chi connectivity index (χ2v) is 6.18.